The number of methoxy groups -OCH3 is 2. The molecule has 1 N–H and O–H groups in total. The van der Waals surface area contributed by atoms with Crippen molar-refractivity contribution in [3.05, 3.63) is 12.3 Å². The highest BCUT2D eigenvalue weighted by molar-refractivity contribution is 5.42. The van der Waals surface area contributed by atoms with Crippen LogP contribution >= 0.6 is 0 Å². The van der Waals surface area contributed by atoms with Crippen molar-refractivity contribution in [3.63, 3.8) is 0 Å². The van der Waals surface area contributed by atoms with Gasteiger partial charge in [0, 0.05) is 46.7 Å². The molecule has 0 saturated heterocycles. The van der Waals surface area contributed by atoms with E-state index in [-0.39, 0.29) is 0 Å². The molecule has 0 radical (unpaired) electrons. The van der Waals surface area contributed by atoms with E-state index >= 15 is 0 Å². The molecule has 0 fully saturated rings. The van der Waals surface area contributed by atoms with Crippen LogP contribution in [0.2, 0.25) is 0 Å². The Morgan fingerprint density at radius 2 is 2.00 bits per heavy atom. The molecule has 0 bridgehead atoms. The van der Waals surface area contributed by atoms with Crippen LogP contribution in [-0.2, 0) is 9.47 Å². The summed E-state index contributed by atoms with van der Waals surface area (Å²) in [6.45, 7) is 6.12. The number of ether oxygens (including phenoxy) is 2. The molecule has 0 amide bonds. The van der Waals surface area contributed by atoms with Crippen LogP contribution in [0.1, 0.15) is 19.8 Å². The smallest absolute Gasteiger partial charge is 0.224 e. The molecule has 114 valence electrons. The molecule has 0 aliphatic carbocycles. The summed E-state index contributed by atoms with van der Waals surface area (Å²) in [5, 5.41) is 3.21. The third-order valence-electron chi connectivity index (χ3n) is 2.84. The molecule has 1 aromatic rings. The van der Waals surface area contributed by atoms with Crippen molar-refractivity contribution in [1.29, 1.82) is 0 Å². The highest BCUT2D eigenvalue weighted by atomic mass is 16.5. The average molecular weight is 282 g/mol. The van der Waals surface area contributed by atoms with Crippen molar-refractivity contribution in [2.24, 2.45) is 0 Å². The normalized spacial score (nSPS) is 10.6. The largest absolute Gasteiger partial charge is 0.385 e. The van der Waals surface area contributed by atoms with Crippen molar-refractivity contribution in [2.75, 3.05) is 57.3 Å². The zero-order valence-corrected chi connectivity index (χ0v) is 12.8. The maximum Gasteiger partial charge on any atom is 0.224 e. The molecule has 6 heteroatoms. The summed E-state index contributed by atoms with van der Waals surface area (Å²) in [5.74, 6) is 1.60. The number of hydrogen-bond acceptors (Lipinski definition) is 6. The number of aromatic nitrogens is 2. The van der Waals surface area contributed by atoms with Gasteiger partial charge in [-0.25, -0.2) is 4.98 Å². The van der Waals surface area contributed by atoms with E-state index < -0.39 is 0 Å². The fraction of sp³-hybridized carbons (Fsp3) is 0.714. The number of hydrogen-bond donors (Lipinski definition) is 1. The van der Waals surface area contributed by atoms with Gasteiger partial charge in [0.15, 0.2) is 0 Å². The third-order valence-corrected chi connectivity index (χ3v) is 2.84. The van der Waals surface area contributed by atoms with Crippen LogP contribution in [0.25, 0.3) is 0 Å². The SMILES string of the molecule is CCCNc1nccc(N(CCCOC)CCOC)n1. The minimum absolute atomic E-state index is 0.675. The van der Waals surface area contributed by atoms with Crippen molar-refractivity contribution >= 4 is 11.8 Å². The van der Waals surface area contributed by atoms with E-state index in [4.69, 9.17) is 9.47 Å². The lowest BCUT2D eigenvalue weighted by molar-refractivity contribution is 0.191. The van der Waals surface area contributed by atoms with Crippen LogP contribution in [0.4, 0.5) is 11.8 Å². The molecule has 0 spiro atoms. The quantitative estimate of drug-likeness (QED) is 0.624. The van der Waals surface area contributed by atoms with Gasteiger partial charge in [0.25, 0.3) is 0 Å². The van der Waals surface area contributed by atoms with E-state index in [1.54, 1.807) is 20.4 Å². The average Bonchev–Trinajstić information content (AvgIpc) is 2.49. The Bertz CT molecular complexity index is 363. The van der Waals surface area contributed by atoms with E-state index in [1.165, 1.54) is 0 Å². The van der Waals surface area contributed by atoms with Gasteiger partial charge in [-0.1, -0.05) is 6.92 Å². The molecule has 0 atom stereocenters. The molecular weight excluding hydrogens is 256 g/mol. The van der Waals surface area contributed by atoms with E-state index in [1.807, 2.05) is 6.07 Å². The van der Waals surface area contributed by atoms with Gasteiger partial charge in [0.1, 0.15) is 5.82 Å². The first-order valence-electron chi connectivity index (χ1n) is 7.11. The number of rotatable bonds is 11. The molecule has 0 aliphatic heterocycles. The predicted molar refractivity (Wildman–Crippen MR) is 81.4 cm³/mol. The summed E-state index contributed by atoms with van der Waals surface area (Å²) in [6, 6.07) is 1.93. The summed E-state index contributed by atoms with van der Waals surface area (Å²) >= 11 is 0. The van der Waals surface area contributed by atoms with Gasteiger partial charge < -0.3 is 19.7 Å². The lowest BCUT2D eigenvalue weighted by atomic mass is 10.3. The van der Waals surface area contributed by atoms with Gasteiger partial charge in [-0.3, -0.25) is 0 Å². The highest BCUT2D eigenvalue weighted by Gasteiger charge is 2.08. The topological polar surface area (TPSA) is 59.5 Å². The van der Waals surface area contributed by atoms with Crippen molar-refractivity contribution < 1.29 is 9.47 Å². The number of nitrogens with zero attached hydrogens (tertiary/aromatic N) is 3. The first-order valence-corrected chi connectivity index (χ1v) is 7.11. The molecule has 20 heavy (non-hydrogen) atoms. The Labute approximate surface area is 121 Å². The minimum Gasteiger partial charge on any atom is -0.385 e. The fourth-order valence-electron chi connectivity index (χ4n) is 1.79. The molecule has 0 aromatic carbocycles. The van der Waals surface area contributed by atoms with Crippen LogP contribution in [0.3, 0.4) is 0 Å². The predicted octanol–water partition coefficient (Wildman–Crippen LogP) is 1.79. The van der Waals surface area contributed by atoms with E-state index in [0.29, 0.717) is 12.6 Å². The lowest BCUT2D eigenvalue weighted by Gasteiger charge is -2.23. The first kappa shape index (κ1) is 16.7. The number of anilines is 2. The number of nitrogens with one attached hydrogen (secondary N) is 1. The fourth-order valence-corrected chi connectivity index (χ4v) is 1.79. The molecule has 6 nitrogen and oxygen atoms in total. The van der Waals surface area contributed by atoms with Crippen molar-refractivity contribution in [3.8, 4) is 0 Å². The summed E-state index contributed by atoms with van der Waals surface area (Å²) in [4.78, 5) is 11.0. The minimum atomic E-state index is 0.675. The van der Waals surface area contributed by atoms with Crippen LogP contribution in [0.5, 0.6) is 0 Å². The summed E-state index contributed by atoms with van der Waals surface area (Å²) in [6.07, 6.45) is 3.80. The zero-order chi connectivity index (χ0) is 14.6. The zero-order valence-electron chi connectivity index (χ0n) is 12.8. The Morgan fingerprint density at radius 1 is 1.20 bits per heavy atom. The van der Waals surface area contributed by atoms with Gasteiger partial charge in [-0.2, -0.15) is 4.98 Å². The second-order valence-corrected chi connectivity index (χ2v) is 4.49. The van der Waals surface area contributed by atoms with Crippen molar-refractivity contribution in [2.45, 2.75) is 19.8 Å². The van der Waals surface area contributed by atoms with E-state index in [9.17, 15) is 0 Å². The first-order chi connectivity index (χ1) is 9.81. The van der Waals surface area contributed by atoms with Crippen LogP contribution in [0, 0.1) is 0 Å². The molecular formula is C14H26N4O2. The molecule has 1 rings (SSSR count). The molecule has 0 unspecified atom stereocenters. The molecule has 1 heterocycles. The van der Waals surface area contributed by atoms with Crippen LogP contribution < -0.4 is 10.2 Å². The molecule has 1 aromatic heterocycles. The van der Waals surface area contributed by atoms with E-state index in [2.05, 4.69) is 27.1 Å². The third kappa shape index (κ3) is 6.16. The Kier molecular flexibility index (Phi) is 8.66. The van der Waals surface area contributed by atoms with Crippen LogP contribution in [0.15, 0.2) is 12.3 Å². The Balaban J connectivity index is 2.66. The van der Waals surface area contributed by atoms with Crippen LogP contribution in [-0.4, -0.2) is 57.0 Å². The Hall–Kier alpha value is -1.40. The summed E-state index contributed by atoms with van der Waals surface area (Å²) < 4.78 is 10.3. The lowest BCUT2D eigenvalue weighted by Crippen LogP contribution is -2.30. The maximum absolute atomic E-state index is 5.16. The molecule has 0 aliphatic rings. The van der Waals surface area contributed by atoms with Gasteiger partial charge in [-0.15, -0.1) is 0 Å². The standard InChI is InChI=1S/C14H26N4O2/c1-4-7-15-14-16-8-6-13(17-14)18(10-12-20-3)9-5-11-19-2/h6,8H,4-5,7,9-12H2,1-3H3,(H,15,16,17). The second kappa shape index (κ2) is 10.4. The molecule has 0 saturated carbocycles. The monoisotopic (exact) mass is 282 g/mol. The van der Waals surface area contributed by atoms with Crippen molar-refractivity contribution in [1.82, 2.24) is 9.97 Å². The summed E-state index contributed by atoms with van der Waals surface area (Å²) in [7, 11) is 3.43. The maximum atomic E-state index is 5.16. The van der Waals surface area contributed by atoms with E-state index in [0.717, 1.165) is 44.9 Å². The second-order valence-electron chi connectivity index (χ2n) is 4.49. The highest BCUT2D eigenvalue weighted by Crippen LogP contribution is 2.12. The Morgan fingerprint density at radius 3 is 2.70 bits per heavy atom. The van der Waals surface area contributed by atoms with Gasteiger partial charge >= 0.3 is 0 Å². The summed E-state index contributed by atoms with van der Waals surface area (Å²) in [5.41, 5.74) is 0. The van der Waals surface area contributed by atoms with Gasteiger partial charge in [0.2, 0.25) is 5.95 Å². The van der Waals surface area contributed by atoms with Gasteiger partial charge in [-0.05, 0) is 18.9 Å². The van der Waals surface area contributed by atoms with Gasteiger partial charge in [0.05, 0.1) is 6.61 Å².